The topological polar surface area (TPSA) is 64.8 Å². The van der Waals surface area contributed by atoms with Crippen LogP contribution in [0.3, 0.4) is 0 Å². The van der Waals surface area contributed by atoms with Crippen molar-refractivity contribution in [2.24, 2.45) is 0 Å². The van der Waals surface area contributed by atoms with Crippen LogP contribution in [0.1, 0.15) is 48.5 Å². The van der Waals surface area contributed by atoms with Gasteiger partial charge in [0, 0.05) is 34.4 Å². The van der Waals surface area contributed by atoms with E-state index in [0.29, 0.717) is 11.6 Å². The van der Waals surface area contributed by atoms with Crippen LogP contribution in [0.25, 0.3) is 21.6 Å². The van der Waals surface area contributed by atoms with Gasteiger partial charge in [-0.25, -0.2) is 22.4 Å². The number of hydrogen-bond donors (Lipinski definition) is 0. The zero-order valence-corrected chi connectivity index (χ0v) is 18.4. The van der Waals surface area contributed by atoms with Crippen LogP contribution < -0.4 is 0 Å². The predicted molar refractivity (Wildman–Crippen MR) is 120 cm³/mol. The van der Waals surface area contributed by atoms with E-state index in [1.807, 2.05) is 25.4 Å². The second kappa shape index (κ2) is 7.63. The lowest BCUT2D eigenvalue weighted by atomic mass is 9.84. The van der Waals surface area contributed by atoms with Gasteiger partial charge in [-0.15, -0.1) is 11.3 Å². The highest BCUT2D eigenvalue weighted by atomic mass is 32.2. The zero-order chi connectivity index (χ0) is 20.7. The molecule has 0 unspecified atom stereocenters. The van der Waals surface area contributed by atoms with Crippen molar-refractivity contribution in [3.8, 4) is 10.6 Å². The molecule has 0 aliphatic heterocycles. The van der Waals surface area contributed by atoms with Crippen LogP contribution in [-0.4, -0.2) is 22.4 Å². The van der Waals surface area contributed by atoms with Gasteiger partial charge in [-0.05, 0) is 49.4 Å². The third kappa shape index (κ3) is 3.36. The summed E-state index contributed by atoms with van der Waals surface area (Å²) in [6.45, 7) is 2.01. The Labute approximate surface area is 180 Å². The highest BCUT2D eigenvalue weighted by Gasteiger charge is 2.25. The molecule has 4 aromatic rings. The second-order valence-electron chi connectivity index (χ2n) is 7.91. The van der Waals surface area contributed by atoms with Crippen molar-refractivity contribution in [1.82, 2.24) is 13.9 Å². The van der Waals surface area contributed by atoms with E-state index in [0.717, 1.165) is 20.8 Å². The van der Waals surface area contributed by atoms with Crippen molar-refractivity contribution in [1.29, 1.82) is 0 Å². The number of rotatable bonds is 4. The molecule has 5 nitrogen and oxygen atoms in total. The third-order valence-electron chi connectivity index (χ3n) is 5.86. The van der Waals surface area contributed by atoms with E-state index in [-0.39, 0.29) is 4.90 Å². The summed E-state index contributed by atoms with van der Waals surface area (Å²) in [4.78, 5) is 10.5. The third-order valence-corrected chi connectivity index (χ3v) is 8.47. The molecule has 0 atom stereocenters. The van der Waals surface area contributed by atoms with Crippen LogP contribution in [-0.2, 0) is 10.0 Å². The predicted octanol–water partition coefficient (Wildman–Crippen LogP) is 5.75. The Morgan fingerprint density at radius 2 is 1.80 bits per heavy atom. The van der Waals surface area contributed by atoms with E-state index in [1.165, 1.54) is 41.6 Å². The molecule has 0 N–H and O–H groups in total. The monoisotopic (exact) mass is 437 g/mol. The number of aromatic nitrogens is 3. The number of pyridine rings is 1. The molecule has 0 bridgehead atoms. The number of fused-ring (bicyclic) bond motifs is 1. The summed E-state index contributed by atoms with van der Waals surface area (Å²) in [5, 5.41) is 1.68. The van der Waals surface area contributed by atoms with E-state index in [2.05, 4.69) is 16.0 Å². The average Bonchev–Trinajstić information content (AvgIpc) is 3.38. The molecule has 0 spiro atoms. The summed E-state index contributed by atoms with van der Waals surface area (Å²) in [5.74, 6) is 0.496. The number of benzene rings is 1. The minimum absolute atomic E-state index is 0.252. The molecular weight excluding hydrogens is 414 g/mol. The molecular formula is C23H23N3O2S2. The maximum absolute atomic E-state index is 13.4. The van der Waals surface area contributed by atoms with Crippen molar-refractivity contribution in [3.05, 3.63) is 65.4 Å². The van der Waals surface area contributed by atoms with Crippen LogP contribution in [0.4, 0.5) is 0 Å². The Kier molecular flexibility index (Phi) is 4.95. The van der Waals surface area contributed by atoms with Crippen LogP contribution in [0, 0.1) is 6.92 Å². The van der Waals surface area contributed by atoms with Gasteiger partial charge in [0.05, 0.1) is 4.90 Å². The molecule has 7 heteroatoms. The van der Waals surface area contributed by atoms with Gasteiger partial charge in [0.2, 0.25) is 0 Å². The minimum Gasteiger partial charge on any atom is -0.244 e. The summed E-state index contributed by atoms with van der Waals surface area (Å²) in [6.07, 6.45) is 11.5. The highest BCUT2D eigenvalue weighted by Crippen LogP contribution is 2.38. The minimum atomic E-state index is -3.75. The van der Waals surface area contributed by atoms with Crippen LogP contribution in [0.5, 0.6) is 0 Å². The highest BCUT2D eigenvalue weighted by molar-refractivity contribution is 7.90. The second-order valence-corrected chi connectivity index (χ2v) is 11.0. The van der Waals surface area contributed by atoms with Gasteiger partial charge in [-0.1, -0.05) is 37.5 Å². The van der Waals surface area contributed by atoms with E-state index >= 15 is 0 Å². The number of hydrogen-bond acceptors (Lipinski definition) is 5. The van der Waals surface area contributed by atoms with Gasteiger partial charge in [0.15, 0.2) is 5.65 Å². The van der Waals surface area contributed by atoms with E-state index < -0.39 is 10.0 Å². The molecule has 1 aliphatic carbocycles. The van der Waals surface area contributed by atoms with E-state index in [9.17, 15) is 8.42 Å². The Morgan fingerprint density at radius 3 is 2.50 bits per heavy atom. The van der Waals surface area contributed by atoms with Gasteiger partial charge in [0.25, 0.3) is 10.0 Å². The Morgan fingerprint density at radius 1 is 1.03 bits per heavy atom. The van der Waals surface area contributed by atoms with Crippen LogP contribution in [0.15, 0.2) is 59.9 Å². The van der Waals surface area contributed by atoms with Gasteiger partial charge >= 0.3 is 0 Å². The summed E-state index contributed by atoms with van der Waals surface area (Å²) in [7, 11) is -3.75. The molecule has 1 saturated carbocycles. The Bertz CT molecular complexity index is 1300. The van der Waals surface area contributed by atoms with Crippen molar-refractivity contribution in [2.75, 3.05) is 0 Å². The van der Waals surface area contributed by atoms with Crippen molar-refractivity contribution >= 4 is 32.4 Å². The largest absolute Gasteiger partial charge is 0.269 e. The summed E-state index contributed by atoms with van der Waals surface area (Å²) in [5.41, 5.74) is 2.49. The molecule has 5 rings (SSSR count). The van der Waals surface area contributed by atoms with Crippen LogP contribution >= 0.6 is 11.3 Å². The van der Waals surface area contributed by atoms with Crippen LogP contribution in [0.2, 0.25) is 0 Å². The standard InChI is InChI=1S/C23H23N3O2S2/c1-16-13-25-23(29-16)21-15-26(30(27,28)19-10-6-3-7-11-19)22-20(21)12-18(14-24-22)17-8-4-2-5-9-17/h3,6-7,10-15,17H,2,4-5,8-9H2,1H3. The summed E-state index contributed by atoms with van der Waals surface area (Å²) in [6, 6.07) is 10.7. The van der Waals surface area contributed by atoms with Gasteiger partial charge < -0.3 is 0 Å². The molecule has 1 aromatic carbocycles. The van der Waals surface area contributed by atoms with Gasteiger partial charge in [-0.2, -0.15) is 0 Å². The van der Waals surface area contributed by atoms with Gasteiger partial charge in [0.1, 0.15) is 5.01 Å². The van der Waals surface area contributed by atoms with Crippen molar-refractivity contribution in [3.63, 3.8) is 0 Å². The maximum atomic E-state index is 13.4. The normalized spacial score (nSPS) is 15.6. The molecule has 0 saturated heterocycles. The maximum Gasteiger partial charge on any atom is 0.269 e. The number of thiazole rings is 1. The number of aryl methyl sites for hydroxylation is 1. The molecule has 1 aliphatic rings. The first-order chi connectivity index (χ1) is 14.5. The molecule has 30 heavy (non-hydrogen) atoms. The lowest BCUT2D eigenvalue weighted by molar-refractivity contribution is 0.443. The molecule has 0 radical (unpaired) electrons. The van der Waals surface area contributed by atoms with E-state index in [1.54, 1.807) is 41.8 Å². The van der Waals surface area contributed by atoms with E-state index in [4.69, 9.17) is 0 Å². The van der Waals surface area contributed by atoms with Gasteiger partial charge in [-0.3, -0.25) is 0 Å². The Hall–Kier alpha value is -2.51. The SMILES string of the molecule is Cc1cnc(-c2cn(S(=O)(=O)c3ccccc3)c3ncc(C4CCCCC4)cc23)s1. The first-order valence-electron chi connectivity index (χ1n) is 10.3. The average molecular weight is 438 g/mol. The molecule has 3 aromatic heterocycles. The lowest BCUT2D eigenvalue weighted by Crippen LogP contribution is -2.12. The zero-order valence-electron chi connectivity index (χ0n) is 16.8. The molecule has 1 fully saturated rings. The summed E-state index contributed by atoms with van der Waals surface area (Å²) < 4.78 is 28.1. The fraction of sp³-hybridized carbons (Fsp3) is 0.304. The Balaban J connectivity index is 1.72. The van der Waals surface area contributed by atoms with Crippen molar-refractivity contribution < 1.29 is 8.42 Å². The number of nitrogens with zero attached hydrogens (tertiary/aromatic N) is 3. The smallest absolute Gasteiger partial charge is 0.244 e. The molecule has 3 heterocycles. The summed E-state index contributed by atoms with van der Waals surface area (Å²) >= 11 is 1.57. The van der Waals surface area contributed by atoms with Crippen molar-refractivity contribution in [2.45, 2.75) is 49.8 Å². The molecule has 154 valence electrons. The molecule has 0 amide bonds. The first kappa shape index (κ1) is 19.5. The first-order valence-corrected chi connectivity index (χ1v) is 12.5. The lowest BCUT2D eigenvalue weighted by Gasteiger charge is -2.21. The fourth-order valence-electron chi connectivity index (χ4n) is 4.29. The fourth-order valence-corrected chi connectivity index (χ4v) is 6.43. The quantitative estimate of drug-likeness (QED) is 0.408.